The summed E-state index contributed by atoms with van der Waals surface area (Å²) in [5.41, 5.74) is 3.60. The van der Waals surface area contributed by atoms with Gasteiger partial charge in [-0.15, -0.1) is 0 Å². The number of hydrogen-bond acceptors (Lipinski definition) is 6. The monoisotopic (exact) mass is 480 g/mol. The Morgan fingerprint density at radius 3 is 2.58 bits per heavy atom. The van der Waals surface area contributed by atoms with Crippen molar-refractivity contribution in [1.82, 2.24) is 5.43 Å². The van der Waals surface area contributed by atoms with E-state index < -0.39 is 18.0 Å². The minimum absolute atomic E-state index is 0.108. The lowest BCUT2D eigenvalue weighted by Crippen LogP contribution is -2.42. The number of fused-ring (bicyclic) bond motifs is 1. The fraction of sp³-hybridized carbons (Fsp3) is 0.0870. The summed E-state index contributed by atoms with van der Waals surface area (Å²) in [5.74, 6) is 0.663. The molecule has 1 N–H and O–H groups in total. The van der Waals surface area contributed by atoms with Gasteiger partial charge in [0.15, 0.2) is 11.5 Å². The van der Waals surface area contributed by atoms with Crippen molar-refractivity contribution in [2.24, 2.45) is 5.10 Å². The van der Waals surface area contributed by atoms with Gasteiger partial charge in [-0.05, 0) is 60.2 Å². The van der Waals surface area contributed by atoms with Crippen LogP contribution in [0.2, 0.25) is 0 Å². The molecule has 0 aromatic heterocycles. The number of nitrogens with one attached hydrogen (secondary N) is 1. The molecule has 0 bridgehead atoms. The molecular formula is C23H17BrN2O5. The van der Waals surface area contributed by atoms with Crippen LogP contribution in [0, 0.1) is 0 Å². The number of hydrogen-bond donors (Lipinski definition) is 1. The van der Waals surface area contributed by atoms with Crippen LogP contribution < -0.4 is 19.6 Å². The van der Waals surface area contributed by atoms with Gasteiger partial charge in [0.2, 0.25) is 6.10 Å². The molecule has 3 aromatic rings. The molecule has 1 amide bonds. The van der Waals surface area contributed by atoms with Gasteiger partial charge in [-0.25, -0.2) is 10.2 Å². The van der Waals surface area contributed by atoms with Crippen molar-refractivity contribution in [1.29, 1.82) is 0 Å². The van der Waals surface area contributed by atoms with E-state index in [1.54, 1.807) is 60.7 Å². The summed E-state index contributed by atoms with van der Waals surface area (Å²) in [6, 6.07) is 20.8. The molecule has 1 aliphatic rings. The van der Waals surface area contributed by atoms with Gasteiger partial charge in [-0.2, -0.15) is 5.10 Å². The lowest BCUT2D eigenvalue weighted by Gasteiger charge is -2.24. The number of para-hydroxylation sites is 2. The molecule has 31 heavy (non-hydrogen) atoms. The molecule has 1 heterocycles. The Kier molecular flexibility index (Phi) is 6.28. The molecule has 156 valence electrons. The number of ether oxygens (including phenoxy) is 3. The van der Waals surface area contributed by atoms with Crippen molar-refractivity contribution in [2.45, 2.75) is 6.10 Å². The van der Waals surface area contributed by atoms with Gasteiger partial charge < -0.3 is 14.2 Å². The van der Waals surface area contributed by atoms with Crippen LogP contribution in [-0.2, 0) is 4.79 Å². The summed E-state index contributed by atoms with van der Waals surface area (Å²) >= 11 is 3.33. The maximum absolute atomic E-state index is 12.2. The Hall–Kier alpha value is -3.65. The first-order chi connectivity index (χ1) is 15.1. The second-order valence-corrected chi connectivity index (χ2v) is 7.48. The predicted octanol–water partition coefficient (Wildman–Crippen LogP) is 3.96. The smallest absolute Gasteiger partial charge is 0.343 e. The van der Waals surface area contributed by atoms with Gasteiger partial charge in [-0.1, -0.05) is 34.1 Å². The molecule has 8 heteroatoms. The van der Waals surface area contributed by atoms with E-state index in [1.165, 1.54) is 6.21 Å². The van der Waals surface area contributed by atoms with Crippen LogP contribution in [0.5, 0.6) is 17.2 Å². The molecule has 3 aromatic carbocycles. The lowest BCUT2D eigenvalue weighted by atomic mass is 10.2. The van der Waals surface area contributed by atoms with Crippen molar-refractivity contribution >= 4 is 34.0 Å². The minimum atomic E-state index is -0.785. The van der Waals surface area contributed by atoms with Gasteiger partial charge in [0.1, 0.15) is 12.4 Å². The Morgan fingerprint density at radius 1 is 1.03 bits per heavy atom. The van der Waals surface area contributed by atoms with Crippen LogP contribution >= 0.6 is 15.9 Å². The van der Waals surface area contributed by atoms with E-state index in [-0.39, 0.29) is 6.61 Å². The summed E-state index contributed by atoms with van der Waals surface area (Å²) in [6.07, 6.45) is 0.696. The van der Waals surface area contributed by atoms with Crippen molar-refractivity contribution in [3.05, 3.63) is 88.4 Å². The summed E-state index contributed by atoms with van der Waals surface area (Å²) in [5, 5.41) is 3.95. The quantitative estimate of drug-likeness (QED) is 0.258. The van der Waals surface area contributed by atoms with E-state index in [1.807, 2.05) is 12.1 Å². The van der Waals surface area contributed by atoms with Crippen LogP contribution in [-0.4, -0.2) is 30.8 Å². The topological polar surface area (TPSA) is 86.2 Å². The van der Waals surface area contributed by atoms with Crippen LogP contribution in [0.15, 0.2) is 82.4 Å². The fourth-order valence-corrected chi connectivity index (χ4v) is 3.19. The summed E-state index contributed by atoms with van der Waals surface area (Å²) in [4.78, 5) is 24.4. The number of esters is 1. The second kappa shape index (κ2) is 9.44. The van der Waals surface area contributed by atoms with Crippen LogP contribution in [0.25, 0.3) is 0 Å². The van der Waals surface area contributed by atoms with Crippen molar-refractivity contribution < 1.29 is 23.8 Å². The van der Waals surface area contributed by atoms with E-state index in [4.69, 9.17) is 14.2 Å². The highest BCUT2D eigenvalue weighted by atomic mass is 79.9. The number of amides is 1. The Balaban J connectivity index is 1.30. The van der Waals surface area contributed by atoms with E-state index in [0.29, 0.717) is 28.4 Å². The van der Waals surface area contributed by atoms with Crippen LogP contribution in [0.4, 0.5) is 0 Å². The number of rotatable bonds is 5. The number of nitrogens with zero attached hydrogens (tertiary/aromatic N) is 1. The molecule has 1 atom stereocenters. The normalized spacial score (nSPS) is 14.8. The molecule has 0 unspecified atom stereocenters. The molecule has 0 spiro atoms. The number of carbonyl (C=O) groups is 2. The SMILES string of the molecule is O=C(Oc1ccc(/C=N\NC(=O)[C@H]2COc3ccccc3O2)cc1)c1cccc(Br)c1. The average molecular weight is 481 g/mol. The largest absolute Gasteiger partial charge is 0.485 e. The zero-order valence-corrected chi connectivity index (χ0v) is 17.7. The maximum atomic E-state index is 12.2. The predicted molar refractivity (Wildman–Crippen MR) is 118 cm³/mol. The number of hydrazone groups is 1. The molecular weight excluding hydrogens is 464 g/mol. The third-order valence-electron chi connectivity index (χ3n) is 4.34. The molecule has 0 radical (unpaired) electrons. The van der Waals surface area contributed by atoms with Gasteiger partial charge in [0.05, 0.1) is 11.8 Å². The summed E-state index contributed by atoms with van der Waals surface area (Å²) in [7, 11) is 0. The molecule has 4 rings (SSSR count). The zero-order valence-electron chi connectivity index (χ0n) is 16.2. The molecule has 1 aliphatic heterocycles. The number of benzene rings is 3. The Morgan fingerprint density at radius 2 is 1.81 bits per heavy atom. The third-order valence-corrected chi connectivity index (χ3v) is 4.83. The Bertz CT molecular complexity index is 1130. The van der Waals surface area contributed by atoms with Gasteiger partial charge in [-0.3, -0.25) is 4.79 Å². The summed E-state index contributed by atoms with van der Waals surface area (Å²) in [6.45, 7) is 0.108. The molecule has 0 saturated heterocycles. The average Bonchev–Trinajstić information content (AvgIpc) is 2.80. The first-order valence-corrected chi connectivity index (χ1v) is 10.2. The zero-order chi connectivity index (χ0) is 21.6. The lowest BCUT2D eigenvalue weighted by molar-refractivity contribution is -0.130. The maximum Gasteiger partial charge on any atom is 0.343 e. The second-order valence-electron chi connectivity index (χ2n) is 6.57. The fourth-order valence-electron chi connectivity index (χ4n) is 2.79. The van der Waals surface area contributed by atoms with E-state index in [2.05, 4.69) is 26.5 Å². The van der Waals surface area contributed by atoms with Crippen LogP contribution in [0.1, 0.15) is 15.9 Å². The highest BCUT2D eigenvalue weighted by molar-refractivity contribution is 9.10. The summed E-state index contributed by atoms with van der Waals surface area (Å²) < 4.78 is 17.3. The molecule has 7 nitrogen and oxygen atoms in total. The third kappa shape index (κ3) is 5.29. The van der Waals surface area contributed by atoms with E-state index in [9.17, 15) is 9.59 Å². The van der Waals surface area contributed by atoms with Crippen molar-refractivity contribution in [3.63, 3.8) is 0 Å². The first kappa shape index (κ1) is 20.6. The van der Waals surface area contributed by atoms with E-state index in [0.717, 1.165) is 4.47 Å². The highest BCUT2D eigenvalue weighted by Crippen LogP contribution is 2.30. The number of carbonyl (C=O) groups excluding carboxylic acids is 2. The van der Waals surface area contributed by atoms with Crippen molar-refractivity contribution in [3.8, 4) is 17.2 Å². The molecule has 0 saturated carbocycles. The standard InChI is InChI=1S/C23H17BrN2O5/c24-17-5-3-4-16(12-17)23(28)30-18-10-8-15(9-11-18)13-25-26-22(27)21-14-29-19-6-1-2-7-20(19)31-21/h1-13,21H,14H2,(H,26,27)/b25-13-/t21-/m1/s1. The highest BCUT2D eigenvalue weighted by Gasteiger charge is 2.26. The van der Waals surface area contributed by atoms with Crippen LogP contribution in [0.3, 0.4) is 0 Å². The Labute approximate surface area is 186 Å². The molecule has 0 aliphatic carbocycles. The van der Waals surface area contributed by atoms with Gasteiger partial charge >= 0.3 is 5.97 Å². The number of halogens is 1. The first-order valence-electron chi connectivity index (χ1n) is 9.38. The van der Waals surface area contributed by atoms with Gasteiger partial charge in [0.25, 0.3) is 5.91 Å². The van der Waals surface area contributed by atoms with Gasteiger partial charge in [0, 0.05) is 4.47 Å². The van der Waals surface area contributed by atoms with Crippen molar-refractivity contribution in [2.75, 3.05) is 6.61 Å². The molecule has 0 fully saturated rings. The van der Waals surface area contributed by atoms with E-state index >= 15 is 0 Å². The minimum Gasteiger partial charge on any atom is -0.485 e.